The summed E-state index contributed by atoms with van der Waals surface area (Å²) in [6, 6.07) is 19.6. The highest BCUT2D eigenvalue weighted by atomic mass is 35.5. The van der Waals surface area contributed by atoms with E-state index in [1.165, 1.54) is 7.11 Å². The molecule has 1 aromatic heterocycles. The second-order valence-electron chi connectivity index (χ2n) is 6.60. The lowest BCUT2D eigenvalue weighted by Crippen LogP contribution is -2.14. The Balaban J connectivity index is 1.64. The molecule has 3 aromatic carbocycles. The number of nitrogens with zero attached hydrogens (tertiary/aromatic N) is 1. The Hall–Kier alpha value is -3.77. The van der Waals surface area contributed by atoms with Crippen molar-refractivity contribution < 1.29 is 18.7 Å². The number of rotatable bonds is 6. The topological polar surface area (TPSA) is 73.6 Å². The first-order valence-corrected chi connectivity index (χ1v) is 9.81. The lowest BCUT2D eigenvalue weighted by molar-refractivity contribution is 0.102. The molecule has 0 aliphatic carbocycles. The van der Waals surface area contributed by atoms with E-state index in [0.717, 1.165) is 11.3 Å². The minimum Gasteiger partial charge on any atom is -0.497 e. The van der Waals surface area contributed by atoms with E-state index in [4.69, 9.17) is 25.5 Å². The summed E-state index contributed by atoms with van der Waals surface area (Å²) in [7, 11) is 3.14. The first-order chi connectivity index (χ1) is 15.1. The van der Waals surface area contributed by atoms with Crippen LogP contribution in [0.25, 0.3) is 22.8 Å². The van der Waals surface area contributed by atoms with Gasteiger partial charge in [-0.15, -0.1) is 0 Å². The van der Waals surface area contributed by atoms with Gasteiger partial charge in [-0.3, -0.25) is 4.79 Å². The summed E-state index contributed by atoms with van der Waals surface area (Å²) >= 11 is 6.07. The van der Waals surface area contributed by atoms with Crippen LogP contribution in [0.4, 0.5) is 5.69 Å². The van der Waals surface area contributed by atoms with Gasteiger partial charge in [0.2, 0.25) is 5.89 Å². The van der Waals surface area contributed by atoms with Gasteiger partial charge in [0.1, 0.15) is 11.5 Å². The molecule has 0 unspecified atom stereocenters. The molecule has 1 amide bonds. The highest BCUT2D eigenvalue weighted by Crippen LogP contribution is 2.31. The fourth-order valence-electron chi connectivity index (χ4n) is 3.12. The van der Waals surface area contributed by atoms with Crippen LogP contribution in [0.2, 0.25) is 5.02 Å². The number of carbonyl (C=O) groups is 1. The molecule has 1 heterocycles. The van der Waals surface area contributed by atoms with E-state index < -0.39 is 0 Å². The average Bonchev–Trinajstić information content (AvgIpc) is 3.29. The zero-order valence-electron chi connectivity index (χ0n) is 16.9. The van der Waals surface area contributed by atoms with Crippen molar-refractivity contribution in [2.75, 3.05) is 19.5 Å². The van der Waals surface area contributed by atoms with E-state index in [1.54, 1.807) is 49.7 Å². The molecule has 0 bridgehead atoms. The summed E-state index contributed by atoms with van der Waals surface area (Å²) in [5.74, 6) is 1.86. The minimum absolute atomic E-state index is 0.333. The number of nitrogens with one attached hydrogen (secondary N) is 1. The third-order valence-corrected chi connectivity index (χ3v) is 4.93. The van der Waals surface area contributed by atoms with E-state index in [2.05, 4.69) is 10.3 Å². The molecule has 0 saturated heterocycles. The maximum absolute atomic E-state index is 13.0. The molecule has 0 spiro atoms. The van der Waals surface area contributed by atoms with Gasteiger partial charge in [-0.05, 0) is 54.6 Å². The average molecular weight is 435 g/mol. The fourth-order valence-corrected chi connectivity index (χ4v) is 3.29. The van der Waals surface area contributed by atoms with Crippen LogP contribution in [0.1, 0.15) is 10.4 Å². The summed E-state index contributed by atoms with van der Waals surface area (Å²) < 4.78 is 16.5. The van der Waals surface area contributed by atoms with Crippen LogP contribution in [0.15, 0.2) is 77.3 Å². The van der Waals surface area contributed by atoms with Crippen LogP contribution in [-0.4, -0.2) is 25.1 Å². The summed E-state index contributed by atoms with van der Waals surface area (Å²) in [5.41, 5.74) is 2.31. The van der Waals surface area contributed by atoms with E-state index in [0.29, 0.717) is 39.2 Å². The quantitative estimate of drug-likeness (QED) is 0.407. The number of methoxy groups -OCH3 is 2. The number of ether oxygens (including phenoxy) is 2. The van der Waals surface area contributed by atoms with Gasteiger partial charge in [-0.25, -0.2) is 4.98 Å². The second-order valence-corrected chi connectivity index (χ2v) is 7.04. The van der Waals surface area contributed by atoms with Gasteiger partial charge >= 0.3 is 0 Å². The van der Waals surface area contributed by atoms with Crippen molar-refractivity contribution in [2.24, 2.45) is 0 Å². The van der Waals surface area contributed by atoms with E-state index in [1.807, 2.05) is 30.3 Å². The van der Waals surface area contributed by atoms with E-state index in [9.17, 15) is 4.79 Å². The van der Waals surface area contributed by atoms with Crippen LogP contribution in [0.3, 0.4) is 0 Å². The number of halogens is 1. The largest absolute Gasteiger partial charge is 0.497 e. The molecular weight excluding hydrogens is 416 g/mol. The number of hydrogen-bond acceptors (Lipinski definition) is 5. The van der Waals surface area contributed by atoms with Crippen molar-refractivity contribution in [2.45, 2.75) is 0 Å². The molecule has 0 saturated carbocycles. The van der Waals surface area contributed by atoms with Crippen LogP contribution >= 0.6 is 11.6 Å². The summed E-state index contributed by atoms with van der Waals surface area (Å²) in [5, 5.41) is 3.34. The molecule has 31 heavy (non-hydrogen) atoms. The van der Waals surface area contributed by atoms with Crippen LogP contribution in [-0.2, 0) is 0 Å². The number of carbonyl (C=O) groups excluding carboxylic acids is 1. The minimum atomic E-state index is -0.333. The van der Waals surface area contributed by atoms with Crippen molar-refractivity contribution in [1.82, 2.24) is 4.98 Å². The second kappa shape index (κ2) is 8.93. The Morgan fingerprint density at radius 1 is 1.00 bits per heavy atom. The number of anilines is 1. The lowest BCUT2D eigenvalue weighted by atomic mass is 10.1. The van der Waals surface area contributed by atoms with E-state index >= 15 is 0 Å². The van der Waals surface area contributed by atoms with Crippen LogP contribution < -0.4 is 14.8 Å². The molecule has 0 fully saturated rings. The maximum Gasteiger partial charge on any atom is 0.256 e. The fraction of sp³-hybridized carbons (Fsp3) is 0.0833. The van der Waals surface area contributed by atoms with Crippen molar-refractivity contribution >= 4 is 23.2 Å². The number of oxazole rings is 1. The lowest BCUT2D eigenvalue weighted by Gasteiger charge is -2.12. The van der Waals surface area contributed by atoms with Crippen molar-refractivity contribution in [3.05, 3.63) is 83.5 Å². The van der Waals surface area contributed by atoms with Gasteiger partial charge < -0.3 is 19.2 Å². The van der Waals surface area contributed by atoms with Crippen LogP contribution in [0, 0.1) is 0 Å². The van der Waals surface area contributed by atoms with Crippen molar-refractivity contribution in [3.8, 4) is 34.3 Å². The number of amides is 1. The Kier molecular flexibility index (Phi) is 5.91. The summed E-state index contributed by atoms with van der Waals surface area (Å²) in [4.78, 5) is 17.4. The Morgan fingerprint density at radius 3 is 2.52 bits per heavy atom. The normalized spacial score (nSPS) is 10.5. The predicted molar refractivity (Wildman–Crippen MR) is 120 cm³/mol. The zero-order valence-corrected chi connectivity index (χ0v) is 17.6. The molecule has 4 rings (SSSR count). The van der Waals surface area contributed by atoms with Crippen LogP contribution in [0.5, 0.6) is 11.5 Å². The number of aromatic nitrogens is 1. The van der Waals surface area contributed by atoms with Gasteiger partial charge in [0.25, 0.3) is 5.91 Å². The SMILES string of the molecule is COc1ccc(-c2cnc(-c3ccccc3C(=O)Nc3cc(Cl)ccc3OC)o2)cc1. The van der Waals surface area contributed by atoms with Gasteiger partial charge in [-0.2, -0.15) is 0 Å². The molecule has 1 N–H and O–H groups in total. The van der Waals surface area contributed by atoms with E-state index in [-0.39, 0.29) is 5.91 Å². The van der Waals surface area contributed by atoms with Crippen molar-refractivity contribution in [1.29, 1.82) is 0 Å². The molecule has 0 atom stereocenters. The summed E-state index contributed by atoms with van der Waals surface area (Å²) in [6.45, 7) is 0. The molecule has 0 radical (unpaired) electrons. The third kappa shape index (κ3) is 4.39. The summed E-state index contributed by atoms with van der Waals surface area (Å²) in [6.07, 6.45) is 1.63. The Morgan fingerprint density at radius 2 is 1.77 bits per heavy atom. The first-order valence-electron chi connectivity index (χ1n) is 9.43. The van der Waals surface area contributed by atoms with Gasteiger partial charge in [0.05, 0.1) is 31.7 Å². The zero-order chi connectivity index (χ0) is 21.8. The highest BCUT2D eigenvalue weighted by Gasteiger charge is 2.18. The molecule has 0 aliphatic heterocycles. The van der Waals surface area contributed by atoms with Crippen molar-refractivity contribution in [3.63, 3.8) is 0 Å². The van der Waals surface area contributed by atoms with Gasteiger partial charge in [0, 0.05) is 16.1 Å². The maximum atomic E-state index is 13.0. The smallest absolute Gasteiger partial charge is 0.256 e. The predicted octanol–water partition coefficient (Wildman–Crippen LogP) is 5.93. The standard InChI is InChI=1S/C24H19ClN2O4/c1-29-17-10-7-15(8-11-17)22-14-26-24(31-22)19-6-4-3-5-18(19)23(28)27-20-13-16(25)9-12-21(20)30-2/h3-14H,1-2H3,(H,27,28). The third-order valence-electron chi connectivity index (χ3n) is 4.69. The Bertz CT molecular complexity index is 1220. The van der Waals surface area contributed by atoms with Gasteiger partial charge in [0.15, 0.2) is 5.76 Å². The molecule has 0 aliphatic rings. The molecular formula is C24H19ClN2O4. The Labute approximate surface area is 184 Å². The number of benzene rings is 3. The molecule has 6 nitrogen and oxygen atoms in total. The number of hydrogen-bond donors (Lipinski definition) is 1. The molecule has 156 valence electrons. The molecule has 4 aromatic rings. The first kappa shape index (κ1) is 20.5. The molecule has 7 heteroatoms. The monoisotopic (exact) mass is 434 g/mol. The highest BCUT2D eigenvalue weighted by molar-refractivity contribution is 6.31. The van der Waals surface area contributed by atoms with Gasteiger partial charge in [-0.1, -0.05) is 23.7 Å².